The molecule has 108 valence electrons. The smallest absolute Gasteiger partial charge is 0.274 e. The first-order valence-electron chi connectivity index (χ1n) is 7.02. The maximum Gasteiger partial charge on any atom is 0.274 e. The third kappa shape index (κ3) is 2.60. The first-order chi connectivity index (χ1) is 10.2. The van der Waals surface area contributed by atoms with Crippen LogP contribution in [0.2, 0.25) is 0 Å². The second kappa shape index (κ2) is 5.54. The van der Waals surface area contributed by atoms with Crippen LogP contribution < -0.4 is 16.2 Å². The first kappa shape index (κ1) is 13.6. The minimum atomic E-state index is -0.277. The topological polar surface area (TPSA) is 79.2 Å². The molecule has 1 aliphatic heterocycles. The van der Waals surface area contributed by atoms with Gasteiger partial charge in [0.1, 0.15) is 5.69 Å². The number of rotatable bonds is 1. The van der Waals surface area contributed by atoms with Crippen molar-refractivity contribution >= 4 is 11.6 Å². The molecule has 2 heterocycles. The zero-order valence-corrected chi connectivity index (χ0v) is 11.6. The first-order valence-corrected chi connectivity index (χ1v) is 7.02. The lowest BCUT2D eigenvalue weighted by molar-refractivity contribution is 0.0982. The molecular weight excluding hydrogens is 266 g/mol. The van der Waals surface area contributed by atoms with Crippen molar-refractivity contribution in [2.45, 2.75) is 18.9 Å². The molecule has 0 bridgehead atoms. The van der Waals surface area contributed by atoms with Gasteiger partial charge in [-0.3, -0.25) is 9.59 Å². The molecule has 0 aliphatic carbocycles. The predicted octanol–water partition coefficient (Wildman–Crippen LogP) is 1.82. The van der Waals surface area contributed by atoms with Crippen molar-refractivity contribution in [3.05, 3.63) is 64.1 Å². The Kier molecular flexibility index (Phi) is 3.58. The van der Waals surface area contributed by atoms with Gasteiger partial charge in [0, 0.05) is 24.3 Å². The Bertz CT molecular complexity index is 723. The Morgan fingerprint density at radius 3 is 2.81 bits per heavy atom. The van der Waals surface area contributed by atoms with Crippen molar-refractivity contribution in [1.82, 2.24) is 4.98 Å². The molecule has 21 heavy (non-hydrogen) atoms. The molecule has 0 fully saturated rings. The predicted molar refractivity (Wildman–Crippen MR) is 81.3 cm³/mol. The van der Waals surface area contributed by atoms with Crippen LogP contribution in [0, 0.1) is 0 Å². The van der Waals surface area contributed by atoms with Crippen molar-refractivity contribution in [2.75, 3.05) is 11.4 Å². The highest BCUT2D eigenvalue weighted by Crippen LogP contribution is 2.31. The summed E-state index contributed by atoms with van der Waals surface area (Å²) in [6.07, 6.45) is 1.67. The molecule has 0 saturated carbocycles. The fraction of sp³-hybridized carbons (Fsp3) is 0.250. The van der Waals surface area contributed by atoms with Crippen LogP contribution in [0.15, 0.2) is 47.3 Å². The number of para-hydroxylation sites is 1. The van der Waals surface area contributed by atoms with Crippen LogP contribution >= 0.6 is 0 Å². The fourth-order valence-corrected chi connectivity index (χ4v) is 2.72. The molecule has 1 aromatic heterocycles. The van der Waals surface area contributed by atoms with Crippen LogP contribution in [0.1, 0.15) is 34.9 Å². The second-order valence-electron chi connectivity index (χ2n) is 5.19. The van der Waals surface area contributed by atoms with E-state index in [1.54, 1.807) is 17.0 Å². The number of carbonyl (C=O) groups is 1. The number of hydrogen-bond donors (Lipinski definition) is 2. The van der Waals surface area contributed by atoms with Gasteiger partial charge >= 0.3 is 0 Å². The van der Waals surface area contributed by atoms with Gasteiger partial charge in [0.15, 0.2) is 0 Å². The number of nitrogens with zero attached hydrogens (tertiary/aromatic N) is 1. The number of hydrogen-bond acceptors (Lipinski definition) is 3. The fourth-order valence-electron chi connectivity index (χ4n) is 2.72. The van der Waals surface area contributed by atoms with Gasteiger partial charge in [-0.05, 0) is 30.5 Å². The van der Waals surface area contributed by atoms with E-state index in [-0.39, 0.29) is 17.5 Å². The SMILES string of the molecule is NC1CCCN(C(=O)c2cccc(=O)[nH]2)c2ccccc21. The highest BCUT2D eigenvalue weighted by molar-refractivity contribution is 6.05. The maximum atomic E-state index is 12.7. The molecule has 1 unspecified atom stereocenters. The van der Waals surface area contributed by atoms with E-state index in [0.717, 1.165) is 24.1 Å². The normalized spacial score (nSPS) is 18.0. The average Bonchev–Trinajstić information content (AvgIpc) is 2.66. The van der Waals surface area contributed by atoms with E-state index in [1.165, 1.54) is 6.07 Å². The highest BCUT2D eigenvalue weighted by Gasteiger charge is 2.25. The lowest BCUT2D eigenvalue weighted by Crippen LogP contribution is -2.33. The second-order valence-corrected chi connectivity index (χ2v) is 5.19. The van der Waals surface area contributed by atoms with Crippen molar-refractivity contribution in [1.29, 1.82) is 0 Å². The third-order valence-electron chi connectivity index (χ3n) is 3.77. The maximum absolute atomic E-state index is 12.7. The van der Waals surface area contributed by atoms with Gasteiger partial charge < -0.3 is 15.6 Å². The largest absolute Gasteiger partial charge is 0.324 e. The lowest BCUT2D eigenvalue weighted by Gasteiger charge is -2.23. The molecule has 5 nitrogen and oxygen atoms in total. The number of benzene rings is 1. The van der Waals surface area contributed by atoms with E-state index in [9.17, 15) is 9.59 Å². The van der Waals surface area contributed by atoms with Crippen LogP contribution in [0.4, 0.5) is 5.69 Å². The zero-order valence-electron chi connectivity index (χ0n) is 11.6. The van der Waals surface area contributed by atoms with Crippen LogP contribution in [-0.4, -0.2) is 17.4 Å². The van der Waals surface area contributed by atoms with Gasteiger partial charge in [-0.25, -0.2) is 0 Å². The van der Waals surface area contributed by atoms with E-state index in [4.69, 9.17) is 5.73 Å². The Morgan fingerprint density at radius 2 is 2.00 bits per heavy atom. The molecule has 3 N–H and O–H groups in total. The molecule has 0 spiro atoms. The van der Waals surface area contributed by atoms with Gasteiger partial charge in [0.05, 0.1) is 0 Å². The van der Waals surface area contributed by atoms with Gasteiger partial charge in [-0.1, -0.05) is 24.3 Å². The Balaban J connectivity index is 2.04. The summed E-state index contributed by atoms with van der Waals surface area (Å²) in [6.45, 7) is 0.598. The molecule has 1 atom stereocenters. The number of nitrogens with one attached hydrogen (secondary N) is 1. The summed E-state index contributed by atoms with van der Waals surface area (Å²) in [5.74, 6) is -0.200. The molecule has 2 aromatic rings. The van der Waals surface area contributed by atoms with Crippen molar-refractivity contribution in [3.8, 4) is 0 Å². The number of nitrogens with two attached hydrogens (primary N) is 1. The average molecular weight is 283 g/mol. The standard InChI is InChI=1S/C16H17N3O2/c17-12-6-4-10-19(14-8-2-1-5-11(12)14)16(21)13-7-3-9-15(20)18-13/h1-3,5,7-9,12H,4,6,10,17H2,(H,18,20). The summed E-state index contributed by atoms with van der Waals surface area (Å²) in [4.78, 5) is 28.4. The number of anilines is 1. The molecule has 0 radical (unpaired) electrons. The van der Waals surface area contributed by atoms with Gasteiger partial charge in [0.2, 0.25) is 5.56 Å². The number of carbonyl (C=O) groups excluding carboxylic acids is 1. The number of amides is 1. The number of pyridine rings is 1. The van der Waals surface area contributed by atoms with Crippen LogP contribution in [0.25, 0.3) is 0 Å². The summed E-state index contributed by atoms with van der Waals surface area (Å²) in [6, 6.07) is 12.2. The van der Waals surface area contributed by atoms with Gasteiger partial charge in [0.25, 0.3) is 5.91 Å². The van der Waals surface area contributed by atoms with E-state index in [2.05, 4.69) is 4.98 Å². The minimum Gasteiger partial charge on any atom is -0.324 e. The molecule has 1 amide bonds. The minimum absolute atomic E-state index is 0.0613. The third-order valence-corrected chi connectivity index (χ3v) is 3.77. The van der Waals surface area contributed by atoms with Gasteiger partial charge in [-0.2, -0.15) is 0 Å². The number of aromatic amines is 1. The Labute approximate surface area is 122 Å². The van der Waals surface area contributed by atoms with E-state index >= 15 is 0 Å². The van der Waals surface area contributed by atoms with E-state index in [0.29, 0.717) is 12.2 Å². The molecule has 3 rings (SSSR count). The summed E-state index contributed by atoms with van der Waals surface area (Å²) >= 11 is 0. The van der Waals surface area contributed by atoms with Crippen LogP contribution in [0.5, 0.6) is 0 Å². The summed E-state index contributed by atoms with van der Waals surface area (Å²) < 4.78 is 0. The van der Waals surface area contributed by atoms with Crippen LogP contribution in [-0.2, 0) is 0 Å². The van der Waals surface area contributed by atoms with Gasteiger partial charge in [-0.15, -0.1) is 0 Å². The summed E-state index contributed by atoms with van der Waals surface area (Å²) in [5, 5.41) is 0. The van der Waals surface area contributed by atoms with Crippen molar-refractivity contribution in [2.24, 2.45) is 5.73 Å². The number of fused-ring (bicyclic) bond motifs is 1. The molecule has 5 heteroatoms. The molecular formula is C16H17N3O2. The Morgan fingerprint density at radius 1 is 1.19 bits per heavy atom. The van der Waals surface area contributed by atoms with E-state index in [1.807, 2.05) is 24.3 Å². The molecule has 0 saturated heterocycles. The Hall–Kier alpha value is -2.40. The highest BCUT2D eigenvalue weighted by atomic mass is 16.2. The number of H-pyrrole nitrogens is 1. The quantitative estimate of drug-likeness (QED) is 0.837. The molecule has 1 aromatic carbocycles. The van der Waals surface area contributed by atoms with E-state index < -0.39 is 0 Å². The zero-order chi connectivity index (χ0) is 14.8. The summed E-state index contributed by atoms with van der Waals surface area (Å²) in [7, 11) is 0. The van der Waals surface area contributed by atoms with Crippen LogP contribution in [0.3, 0.4) is 0 Å². The summed E-state index contributed by atoms with van der Waals surface area (Å²) in [5.41, 5.74) is 8.00. The monoisotopic (exact) mass is 283 g/mol. The lowest BCUT2D eigenvalue weighted by atomic mass is 10.0. The van der Waals surface area contributed by atoms with Crippen molar-refractivity contribution in [3.63, 3.8) is 0 Å². The molecule has 1 aliphatic rings. The number of aromatic nitrogens is 1. The van der Waals surface area contributed by atoms with Crippen molar-refractivity contribution < 1.29 is 4.79 Å².